The van der Waals surface area contributed by atoms with Gasteiger partial charge in [-0.25, -0.2) is 4.79 Å². The normalized spacial score (nSPS) is 6.25. The van der Waals surface area contributed by atoms with Gasteiger partial charge in [-0.05, 0) is 6.92 Å². The molecule has 0 aromatic heterocycles. The lowest BCUT2D eigenvalue weighted by Crippen LogP contribution is -1.81. The Morgan fingerprint density at radius 2 is 1.62 bits per heavy atom. The summed E-state index contributed by atoms with van der Waals surface area (Å²) >= 11 is 5.08. The Morgan fingerprint density at radius 3 is 1.62 bits per heavy atom. The van der Waals surface area contributed by atoms with Crippen molar-refractivity contribution in [2.24, 2.45) is 0 Å². The van der Waals surface area contributed by atoms with Gasteiger partial charge in [-0.3, -0.25) is 0 Å². The molecule has 0 radical (unpaired) electrons. The van der Waals surface area contributed by atoms with Crippen molar-refractivity contribution in [3.8, 4) is 0 Å². The van der Waals surface area contributed by atoms with Crippen molar-refractivity contribution >= 4 is 17.8 Å². The number of rotatable bonds is 0. The van der Waals surface area contributed by atoms with Crippen molar-refractivity contribution in [1.29, 1.82) is 0 Å². The number of hydrogen-bond donors (Lipinski definition) is 2. The lowest BCUT2D eigenvalue weighted by molar-refractivity contribution is 0.137. The first-order chi connectivity index (χ1) is 3.46. The Labute approximate surface area is 52.2 Å². The quantitative estimate of drug-likeness (QED) is 0.538. The highest BCUT2D eigenvalue weighted by atomic mass is 35.5. The Morgan fingerprint density at radius 1 is 1.62 bits per heavy atom. The van der Waals surface area contributed by atoms with Crippen LogP contribution in [0.15, 0.2) is 11.6 Å². The largest absolute Gasteiger partial charge is 0.503 e. The molecule has 0 unspecified atom stereocenters. The average Bonchev–Trinajstić information content (AvgIpc) is 1.25. The smallest absolute Gasteiger partial charge is 0.450 e. The predicted octanol–water partition coefficient (Wildman–Crippen LogP) is 1.98. The second-order valence-corrected chi connectivity index (χ2v) is 1.60. The molecule has 0 aliphatic carbocycles. The highest BCUT2D eigenvalue weighted by Crippen LogP contribution is 1.87. The monoisotopic (exact) mass is 138 g/mol. The van der Waals surface area contributed by atoms with Crippen molar-refractivity contribution in [3.63, 3.8) is 0 Å². The van der Waals surface area contributed by atoms with Gasteiger partial charge in [-0.15, -0.1) is 0 Å². The molecule has 8 heavy (non-hydrogen) atoms. The molecule has 0 bridgehead atoms. The Kier molecular flexibility index (Phi) is 8.12. The third-order valence-electron chi connectivity index (χ3n) is 0. The Balaban J connectivity index is 0. The number of allylic oxidation sites excluding steroid dienone is 1. The molecule has 48 valence electrons. The van der Waals surface area contributed by atoms with E-state index in [1.54, 1.807) is 6.92 Å². The first-order valence-electron chi connectivity index (χ1n) is 1.69. The van der Waals surface area contributed by atoms with Gasteiger partial charge < -0.3 is 10.2 Å². The van der Waals surface area contributed by atoms with E-state index in [1.807, 2.05) is 0 Å². The summed E-state index contributed by atoms with van der Waals surface area (Å²) in [5.74, 6) is 0. The Bertz CT molecular complexity index is 69.3. The molecule has 4 heteroatoms. The summed E-state index contributed by atoms with van der Waals surface area (Å²) in [4.78, 5) is 8.56. The van der Waals surface area contributed by atoms with E-state index in [-0.39, 0.29) is 0 Å². The van der Waals surface area contributed by atoms with Gasteiger partial charge in [0.1, 0.15) is 0 Å². The van der Waals surface area contributed by atoms with Crippen LogP contribution in [0.4, 0.5) is 4.79 Å². The van der Waals surface area contributed by atoms with E-state index >= 15 is 0 Å². The molecule has 0 heterocycles. The van der Waals surface area contributed by atoms with E-state index in [4.69, 9.17) is 26.6 Å². The standard InChI is InChI=1S/C3H5Cl.CH2O3/c1-3(2)4;2-1(3)4/h1H2,2H3;(H2,2,3,4). The fourth-order valence-corrected chi connectivity index (χ4v) is 0. The summed E-state index contributed by atoms with van der Waals surface area (Å²) in [5.41, 5.74) is 0. The molecule has 2 N–H and O–H groups in total. The van der Waals surface area contributed by atoms with E-state index in [1.165, 1.54) is 0 Å². The lowest BCUT2D eigenvalue weighted by atomic mass is 10.8. The van der Waals surface area contributed by atoms with Crippen molar-refractivity contribution in [1.82, 2.24) is 0 Å². The summed E-state index contributed by atoms with van der Waals surface area (Å²) in [6, 6.07) is 0. The molecule has 0 rings (SSSR count). The number of carboxylic acid groups (broad SMARTS) is 2. The van der Waals surface area contributed by atoms with E-state index in [9.17, 15) is 0 Å². The number of carbonyl (C=O) groups is 1. The van der Waals surface area contributed by atoms with Crippen LogP contribution in [0.2, 0.25) is 0 Å². The van der Waals surface area contributed by atoms with E-state index in [0.717, 1.165) is 0 Å². The minimum atomic E-state index is -1.83. The van der Waals surface area contributed by atoms with Crippen LogP contribution in [0.5, 0.6) is 0 Å². The summed E-state index contributed by atoms with van der Waals surface area (Å²) in [6.45, 7) is 5.06. The maximum absolute atomic E-state index is 8.56. The van der Waals surface area contributed by atoms with E-state index in [0.29, 0.717) is 5.03 Å². The topological polar surface area (TPSA) is 57.5 Å². The third kappa shape index (κ3) is 200. The van der Waals surface area contributed by atoms with Gasteiger partial charge in [0, 0.05) is 5.03 Å². The number of halogens is 1. The molecule has 3 nitrogen and oxygen atoms in total. The van der Waals surface area contributed by atoms with Gasteiger partial charge in [-0.2, -0.15) is 0 Å². The maximum atomic E-state index is 8.56. The highest BCUT2D eigenvalue weighted by Gasteiger charge is 1.70. The van der Waals surface area contributed by atoms with E-state index < -0.39 is 6.16 Å². The van der Waals surface area contributed by atoms with Crippen LogP contribution in [-0.2, 0) is 0 Å². The predicted molar refractivity (Wildman–Crippen MR) is 31.3 cm³/mol. The molecule has 0 fully saturated rings. The lowest BCUT2D eigenvalue weighted by Gasteiger charge is -1.61. The molecular formula is C4H7ClO3. The zero-order valence-corrected chi connectivity index (χ0v) is 5.14. The van der Waals surface area contributed by atoms with Gasteiger partial charge in [-0.1, -0.05) is 18.2 Å². The zero-order chi connectivity index (χ0) is 7.15. The van der Waals surface area contributed by atoms with Crippen LogP contribution in [0.1, 0.15) is 6.92 Å². The van der Waals surface area contributed by atoms with Crippen molar-refractivity contribution < 1.29 is 15.0 Å². The fourth-order valence-electron chi connectivity index (χ4n) is 0. The van der Waals surface area contributed by atoms with Gasteiger partial charge in [0.15, 0.2) is 0 Å². The summed E-state index contributed by atoms with van der Waals surface area (Å²) in [6.07, 6.45) is -1.83. The van der Waals surface area contributed by atoms with E-state index in [2.05, 4.69) is 6.58 Å². The molecule has 0 aromatic carbocycles. The van der Waals surface area contributed by atoms with Crippen LogP contribution in [0, 0.1) is 0 Å². The average molecular weight is 139 g/mol. The molecule has 0 spiro atoms. The van der Waals surface area contributed by atoms with Crippen LogP contribution in [0.3, 0.4) is 0 Å². The van der Waals surface area contributed by atoms with Crippen LogP contribution < -0.4 is 0 Å². The summed E-state index contributed by atoms with van der Waals surface area (Å²) < 4.78 is 0. The van der Waals surface area contributed by atoms with Gasteiger partial charge in [0.05, 0.1) is 0 Å². The van der Waals surface area contributed by atoms with Crippen LogP contribution in [-0.4, -0.2) is 16.4 Å². The first kappa shape index (κ1) is 10.3. The van der Waals surface area contributed by atoms with Crippen molar-refractivity contribution in [3.05, 3.63) is 11.6 Å². The molecule has 0 amide bonds. The number of hydrogen-bond acceptors (Lipinski definition) is 1. The van der Waals surface area contributed by atoms with Crippen LogP contribution >= 0.6 is 11.6 Å². The molecule has 0 aliphatic heterocycles. The molecule has 0 saturated heterocycles. The minimum absolute atomic E-state index is 0.639. The zero-order valence-electron chi connectivity index (χ0n) is 4.39. The second-order valence-electron chi connectivity index (χ2n) is 0.959. The third-order valence-corrected chi connectivity index (χ3v) is 0. The summed E-state index contributed by atoms with van der Waals surface area (Å²) in [7, 11) is 0. The molecule has 0 aliphatic rings. The molecule has 0 atom stereocenters. The van der Waals surface area contributed by atoms with Crippen molar-refractivity contribution in [2.75, 3.05) is 0 Å². The van der Waals surface area contributed by atoms with Gasteiger partial charge >= 0.3 is 6.16 Å². The minimum Gasteiger partial charge on any atom is -0.450 e. The molecule has 0 saturated carbocycles. The maximum Gasteiger partial charge on any atom is 0.503 e. The first-order valence-corrected chi connectivity index (χ1v) is 2.07. The van der Waals surface area contributed by atoms with Gasteiger partial charge in [0.25, 0.3) is 0 Å². The molecular weight excluding hydrogens is 131 g/mol. The Hall–Kier alpha value is -0.700. The van der Waals surface area contributed by atoms with Crippen molar-refractivity contribution in [2.45, 2.75) is 6.92 Å². The van der Waals surface area contributed by atoms with Crippen LogP contribution in [0.25, 0.3) is 0 Å². The second kappa shape index (κ2) is 6.30. The SMILES string of the molecule is C=C(C)Cl.O=C(O)O. The fraction of sp³-hybridized carbons (Fsp3) is 0.250. The highest BCUT2D eigenvalue weighted by molar-refractivity contribution is 6.28. The molecule has 0 aromatic rings. The van der Waals surface area contributed by atoms with Gasteiger partial charge in [0.2, 0.25) is 0 Å². The summed E-state index contributed by atoms with van der Waals surface area (Å²) in [5, 5.41) is 14.6.